The molecular weight excluding hydrogens is 230 g/mol. The number of carbonyl (C=O) groups excluding carboxylic acids is 1. The lowest BCUT2D eigenvalue weighted by Gasteiger charge is -2.25. The van der Waals surface area contributed by atoms with Gasteiger partial charge in [-0.3, -0.25) is 10.3 Å². The van der Waals surface area contributed by atoms with E-state index in [1.165, 1.54) is 4.90 Å². The molecule has 3 N–H and O–H groups in total. The lowest BCUT2D eigenvalue weighted by molar-refractivity contribution is 0.247. The van der Waals surface area contributed by atoms with E-state index in [4.69, 9.17) is 10.6 Å². The molecule has 0 saturated heterocycles. The number of hydrazine groups is 1. The van der Waals surface area contributed by atoms with Crippen molar-refractivity contribution in [2.75, 3.05) is 19.1 Å². The van der Waals surface area contributed by atoms with Gasteiger partial charge < -0.3 is 4.74 Å². The summed E-state index contributed by atoms with van der Waals surface area (Å²) in [6.45, 7) is 6.28. The number of nitrogens with zero attached hydrogens (tertiary/aromatic N) is 1. The summed E-state index contributed by atoms with van der Waals surface area (Å²) in [7, 11) is 3.30. The third kappa shape index (κ3) is 2.92. The molecule has 1 aromatic carbocycles. The number of rotatable bonds is 2. The summed E-state index contributed by atoms with van der Waals surface area (Å²) < 4.78 is 5.35. The van der Waals surface area contributed by atoms with E-state index in [0.29, 0.717) is 0 Å². The van der Waals surface area contributed by atoms with Crippen molar-refractivity contribution in [3.63, 3.8) is 0 Å². The second-order valence-corrected chi connectivity index (χ2v) is 5.14. The largest absolute Gasteiger partial charge is 0.496 e. The average Bonchev–Trinajstić information content (AvgIpc) is 2.35. The van der Waals surface area contributed by atoms with E-state index in [2.05, 4.69) is 26.2 Å². The predicted molar refractivity (Wildman–Crippen MR) is 72.8 cm³/mol. The number of amides is 2. The number of hydrogen-bond donors (Lipinski definition) is 2. The van der Waals surface area contributed by atoms with Gasteiger partial charge in [0.25, 0.3) is 0 Å². The zero-order valence-corrected chi connectivity index (χ0v) is 11.6. The predicted octanol–water partition coefficient (Wildman–Crippen LogP) is 2.01. The van der Waals surface area contributed by atoms with Gasteiger partial charge in [0.2, 0.25) is 0 Å². The summed E-state index contributed by atoms with van der Waals surface area (Å²) in [6.07, 6.45) is 0. The van der Waals surface area contributed by atoms with Crippen LogP contribution < -0.4 is 20.9 Å². The van der Waals surface area contributed by atoms with Gasteiger partial charge in [0.15, 0.2) is 0 Å². The normalized spacial score (nSPS) is 11.0. The fourth-order valence-corrected chi connectivity index (χ4v) is 1.70. The molecule has 0 saturated carbocycles. The molecule has 0 aromatic heterocycles. The third-order valence-corrected chi connectivity index (χ3v) is 2.81. The monoisotopic (exact) mass is 251 g/mol. The Morgan fingerprint density at radius 2 is 2.00 bits per heavy atom. The summed E-state index contributed by atoms with van der Waals surface area (Å²) in [6, 6.07) is 5.26. The van der Waals surface area contributed by atoms with Crippen molar-refractivity contribution in [2.24, 2.45) is 5.84 Å². The summed E-state index contributed by atoms with van der Waals surface area (Å²) in [5.74, 6) is 5.94. The van der Waals surface area contributed by atoms with Crippen LogP contribution in [0.2, 0.25) is 0 Å². The number of nitrogens with one attached hydrogen (secondary N) is 1. The number of anilines is 1. The Balaban J connectivity index is 3.23. The first-order valence-electron chi connectivity index (χ1n) is 5.74. The highest BCUT2D eigenvalue weighted by atomic mass is 16.5. The van der Waals surface area contributed by atoms with Crippen molar-refractivity contribution in [1.82, 2.24) is 5.43 Å². The topological polar surface area (TPSA) is 67.6 Å². The van der Waals surface area contributed by atoms with Gasteiger partial charge >= 0.3 is 6.03 Å². The second kappa shape index (κ2) is 5.27. The van der Waals surface area contributed by atoms with E-state index in [1.807, 2.05) is 18.2 Å². The van der Waals surface area contributed by atoms with Crippen LogP contribution in [-0.4, -0.2) is 20.2 Å². The number of benzene rings is 1. The van der Waals surface area contributed by atoms with Gasteiger partial charge in [0, 0.05) is 18.3 Å². The van der Waals surface area contributed by atoms with Gasteiger partial charge in [-0.1, -0.05) is 20.8 Å². The molecule has 0 radical (unpaired) electrons. The van der Waals surface area contributed by atoms with Gasteiger partial charge in [-0.2, -0.15) is 0 Å². The summed E-state index contributed by atoms with van der Waals surface area (Å²) >= 11 is 0. The molecule has 1 rings (SSSR count). The van der Waals surface area contributed by atoms with Crippen LogP contribution in [0.25, 0.3) is 0 Å². The van der Waals surface area contributed by atoms with Crippen molar-refractivity contribution in [1.29, 1.82) is 0 Å². The Labute approximate surface area is 108 Å². The molecule has 100 valence electrons. The average molecular weight is 251 g/mol. The van der Waals surface area contributed by atoms with Crippen molar-refractivity contribution in [2.45, 2.75) is 26.2 Å². The number of hydrogen-bond acceptors (Lipinski definition) is 3. The molecule has 5 nitrogen and oxygen atoms in total. The van der Waals surface area contributed by atoms with Crippen LogP contribution >= 0.6 is 0 Å². The van der Waals surface area contributed by atoms with Gasteiger partial charge in [-0.05, 0) is 23.6 Å². The lowest BCUT2D eigenvalue weighted by atomic mass is 9.86. The number of nitrogens with two attached hydrogens (primary N) is 1. The maximum Gasteiger partial charge on any atom is 0.335 e. The highest BCUT2D eigenvalue weighted by Crippen LogP contribution is 2.34. The van der Waals surface area contributed by atoms with Crippen LogP contribution in [0.1, 0.15) is 26.3 Å². The lowest BCUT2D eigenvalue weighted by Crippen LogP contribution is -2.41. The molecule has 18 heavy (non-hydrogen) atoms. The zero-order valence-electron chi connectivity index (χ0n) is 11.6. The molecule has 0 aliphatic carbocycles. The first kappa shape index (κ1) is 14.3. The molecule has 0 atom stereocenters. The standard InChI is InChI=1S/C13H21N3O2/c1-13(2,3)10-8-9(6-7-11(10)18-5)16(4)12(17)15-14/h6-8H,14H2,1-5H3,(H,15,17). The van der Waals surface area contributed by atoms with E-state index >= 15 is 0 Å². The minimum Gasteiger partial charge on any atom is -0.496 e. The van der Waals surface area contributed by atoms with E-state index in [0.717, 1.165) is 17.0 Å². The molecule has 0 aliphatic heterocycles. The third-order valence-electron chi connectivity index (χ3n) is 2.81. The quantitative estimate of drug-likeness (QED) is 0.480. The van der Waals surface area contributed by atoms with E-state index in [1.54, 1.807) is 14.2 Å². The summed E-state index contributed by atoms with van der Waals surface area (Å²) in [5.41, 5.74) is 3.85. The molecular formula is C13H21N3O2. The van der Waals surface area contributed by atoms with Gasteiger partial charge in [-0.25, -0.2) is 10.6 Å². The van der Waals surface area contributed by atoms with Crippen LogP contribution in [0.4, 0.5) is 10.5 Å². The van der Waals surface area contributed by atoms with E-state index < -0.39 is 0 Å². The number of methoxy groups -OCH3 is 1. The van der Waals surface area contributed by atoms with Crippen LogP contribution in [0.5, 0.6) is 5.75 Å². The zero-order chi connectivity index (χ0) is 13.9. The van der Waals surface area contributed by atoms with Crippen molar-refractivity contribution >= 4 is 11.7 Å². The molecule has 0 heterocycles. The smallest absolute Gasteiger partial charge is 0.335 e. The molecule has 1 aromatic rings. The second-order valence-electron chi connectivity index (χ2n) is 5.14. The van der Waals surface area contributed by atoms with Crippen LogP contribution in [0.3, 0.4) is 0 Å². The maximum absolute atomic E-state index is 11.5. The fraction of sp³-hybridized carbons (Fsp3) is 0.462. The Bertz CT molecular complexity index is 438. The van der Waals surface area contributed by atoms with Gasteiger partial charge in [0.05, 0.1) is 7.11 Å². The molecule has 0 aliphatic rings. The molecule has 0 fully saturated rings. The molecule has 0 spiro atoms. The fourth-order valence-electron chi connectivity index (χ4n) is 1.70. The van der Waals surface area contributed by atoms with Crippen LogP contribution in [-0.2, 0) is 5.41 Å². The Morgan fingerprint density at radius 3 is 2.44 bits per heavy atom. The Kier molecular flexibility index (Phi) is 4.19. The highest BCUT2D eigenvalue weighted by Gasteiger charge is 2.21. The first-order valence-corrected chi connectivity index (χ1v) is 5.74. The van der Waals surface area contributed by atoms with Gasteiger partial charge in [0.1, 0.15) is 5.75 Å². The summed E-state index contributed by atoms with van der Waals surface area (Å²) in [4.78, 5) is 12.9. The van der Waals surface area contributed by atoms with Crippen molar-refractivity contribution < 1.29 is 9.53 Å². The first-order chi connectivity index (χ1) is 8.31. The van der Waals surface area contributed by atoms with Gasteiger partial charge in [-0.15, -0.1) is 0 Å². The van der Waals surface area contributed by atoms with Crippen LogP contribution in [0, 0.1) is 0 Å². The van der Waals surface area contributed by atoms with E-state index in [9.17, 15) is 4.79 Å². The molecule has 0 unspecified atom stereocenters. The minimum absolute atomic E-state index is 0.0681. The number of carbonyl (C=O) groups is 1. The number of ether oxygens (including phenoxy) is 1. The minimum atomic E-state index is -0.361. The Morgan fingerprint density at radius 1 is 1.39 bits per heavy atom. The van der Waals surface area contributed by atoms with Crippen molar-refractivity contribution in [3.05, 3.63) is 23.8 Å². The van der Waals surface area contributed by atoms with E-state index in [-0.39, 0.29) is 11.4 Å². The van der Waals surface area contributed by atoms with Crippen LogP contribution in [0.15, 0.2) is 18.2 Å². The number of urea groups is 1. The molecule has 2 amide bonds. The SMILES string of the molecule is COc1ccc(N(C)C(=O)NN)cc1C(C)(C)C. The highest BCUT2D eigenvalue weighted by molar-refractivity contribution is 5.91. The maximum atomic E-state index is 11.5. The molecule has 0 bridgehead atoms. The summed E-state index contributed by atoms with van der Waals surface area (Å²) in [5, 5.41) is 0. The Hall–Kier alpha value is -1.75. The van der Waals surface area contributed by atoms with Crippen molar-refractivity contribution in [3.8, 4) is 5.75 Å². The molecule has 5 heteroatoms.